The first-order valence-electron chi connectivity index (χ1n) is 6.23. The van der Waals surface area contributed by atoms with Crippen molar-refractivity contribution in [3.05, 3.63) is 42.5 Å². The second-order valence-electron chi connectivity index (χ2n) is 4.06. The van der Waals surface area contributed by atoms with E-state index < -0.39 is 0 Å². The molecule has 0 saturated heterocycles. The smallest absolute Gasteiger partial charge is 0.142 e. The molecule has 96 valence electrons. The van der Waals surface area contributed by atoms with Gasteiger partial charge in [-0.05, 0) is 19.1 Å². The number of benzene rings is 1. The third-order valence-electron chi connectivity index (χ3n) is 2.77. The summed E-state index contributed by atoms with van der Waals surface area (Å²) >= 11 is 0. The number of rotatable bonds is 6. The van der Waals surface area contributed by atoms with Gasteiger partial charge in [-0.25, -0.2) is 4.98 Å². The van der Waals surface area contributed by atoms with Gasteiger partial charge in [-0.3, -0.25) is 0 Å². The Balaban J connectivity index is 1.92. The van der Waals surface area contributed by atoms with Crippen LogP contribution in [0.5, 0.6) is 5.75 Å². The Bertz CT molecular complexity index is 493. The molecule has 0 aliphatic carbocycles. The number of anilines is 1. The fraction of sp³-hybridized carbons (Fsp3) is 0.357. The SMILES string of the molecule is CCOc1ccccc1NCCc1nccn1C. The molecule has 0 amide bonds. The molecule has 0 atom stereocenters. The maximum absolute atomic E-state index is 5.57. The molecule has 0 saturated carbocycles. The van der Waals surface area contributed by atoms with Crippen LogP contribution in [0.25, 0.3) is 0 Å². The fourth-order valence-electron chi connectivity index (χ4n) is 1.84. The average Bonchev–Trinajstić information content (AvgIpc) is 2.78. The summed E-state index contributed by atoms with van der Waals surface area (Å²) in [5.41, 5.74) is 1.04. The second kappa shape index (κ2) is 6.10. The number of ether oxygens (including phenoxy) is 1. The number of nitrogens with one attached hydrogen (secondary N) is 1. The van der Waals surface area contributed by atoms with Crippen LogP contribution in [0.4, 0.5) is 5.69 Å². The summed E-state index contributed by atoms with van der Waals surface area (Å²) in [6, 6.07) is 8.00. The molecule has 4 nitrogen and oxygen atoms in total. The van der Waals surface area contributed by atoms with Crippen LogP contribution in [-0.4, -0.2) is 22.7 Å². The zero-order valence-electron chi connectivity index (χ0n) is 10.9. The lowest BCUT2D eigenvalue weighted by molar-refractivity contribution is 0.341. The summed E-state index contributed by atoms with van der Waals surface area (Å²) in [6.45, 7) is 3.51. The van der Waals surface area contributed by atoms with Crippen LogP contribution < -0.4 is 10.1 Å². The summed E-state index contributed by atoms with van der Waals surface area (Å²) in [4.78, 5) is 4.30. The molecule has 0 fully saturated rings. The molecule has 0 unspecified atom stereocenters. The van der Waals surface area contributed by atoms with Crippen molar-refractivity contribution in [2.75, 3.05) is 18.5 Å². The van der Waals surface area contributed by atoms with Gasteiger partial charge in [0.15, 0.2) is 0 Å². The Morgan fingerprint density at radius 1 is 1.33 bits per heavy atom. The normalized spacial score (nSPS) is 10.3. The van der Waals surface area contributed by atoms with Crippen molar-refractivity contribution in [1.29, 1.82) is 0 Å². The quantitative estimate of drug-likeness (QED) is 0.849. The maximum atomic E-state index is 5.57. The molecule has 1 heterocycles. The highest BCUT2D eigenvalue weighted by Crippen LogP contribution is 2.23. The number of hydrogen-bond donors (Lipinski definition) is 1. The number of aryl methyl sites for hydroxylation is 1. The first kappa shape index (κ1) is 12.5. The van der Waals surface area contributed by atoms with E-state index in [1.165, 1.54) is 0 Å². The molecule has 2 rings (SSSR count). The lowest BCUT2D eigenvalue weighted by Gasteiger charge is -2.11. The Labute approximate surface area is 108 Å². The molecule has 0 aliphatic rings. The molecule has 18 heavy (non-hydrogen) atoms. The van der Waals surface area contributed by atoms with Crippen molar-refractivity contribution >= 4 is 5.69 Å². The first-order valence-corrected chi connectivity index (χ1v) is 6.23. The molecule has 1 aromatic carbocycles. The molecule has 0 bridgehead atoms. The van der Waals surface area contributed by atoms with Gasteiger partial charge < -0.3 is 14.6 Å². The standard InChI is InChI=1S/C14H19N3O/c1-3-18-13-7-5-4-6-12(13)15-9-8-14-16-10-11-17(14)2/h4-7,10-11,15H,3,8-9H2,1-2H3. The van der Waals surface area contributed by atoms with E-state index in [1.54, 1.807) is 0 Å². The maximum Gasteiger partial charge on any atom is 0.142 e. The molecule has 0 radical (unpaired) electrons. The van der Waals surface area contributed by atoms with Crippen LogP contribution in [0.15, 0.2) is 36.7 Å². The molecule has 0 spiro atoms. The first-order chi connectivity index (χ1) is 8.81. The van der Waals surface area contributed by atoms with Gasteiger partial charge in [0.1, 0.15) is 11.6 Å². The van der Waals surface area contributed by atoms with Crippen LogP contribution in [0.2, 0.25) is 0 Å². The monoisotopic (exact) mass is 245 g/mol. The lowest BCUT2D eigenvalue weighted by Crippen LogP contribution is -2.09. The highest BCUT2D eigenvalue weighted by atomic mass is 16.5. The number of imidazole rings is 1. The Hall–Kier alpha value is -1.97. The van der Waals surface area contributed by atoms with Crippen LogP contribution in [0.3, 0.4) is 0 Å². The van der Waals surface area contributed by atoms with Crippen molar-refractivity contribution < 1.29 is 4.74 Å². The van der Waals surface area contributed by atoms with E-state index in [0.717, 1.165) is 30.2 Å². The van der Waals surface area contributed by atoms with Crippen molar-refractivity contribution in [2.45, 2.75) is 13.3 Å². The van der Waals surface area contributed by atoms with Crippen LogP contribution in [0.1, 0.15) is 12.7 Å². The highest BCUT2D eigenvalue weighted by molar-refractivity contribution is 5.56. The summed E-state index contributed by atoms with van der Waals surface area (Å²) in [7, 11) is 2.01. The van der Waals surface area contributed by atoms with E-state index in [1.807, 2.05) is 55.2 Å². The Morgan fingerprint density at radius 3 is 2.89 bits per heavy atom. The van der Waals surface area contributed by atoms with E-state index in [9.17, 15) is 0 Å². The lowest BCUT2D eigenvalue weighted by atomic mass is 10.3. The number of para-hydroxylation sites is 2. The van der Waals surface area contributed by atoms with E-state index in [-0.39, 0.29) is 0 Å². The van der Waals surface area contributed by atoms with Gasteiger partial charge >= 0.3 is 0 Å². The number of hydrogen-bond acceptors (Lipinski definition) is 3. The van der Waals surface area contributed by atoms with Crippen LogP contribution >= 0.6 is 0 Å². The second-order valence-corrected chi connectivity index (χ2v) is 4.06. The summed E-state index contributed by atoms with van der Waals surface area (Å²) in [5, 5.41) is 3.39. The Kier molecular flexibility index (Phi) is 4.23. The van der Waals surface area contributed by atoms with Crippen LogP contribution in [-0.2, 0) is 13.5 Å². The molecule has 1 aromatic heterocycles. The molecular formula is C14H19N3O. The number of aromatic nitrogens is 2. The van der Waals surface area contributed by atoms with Gasteiger partial charge in [-0.15, -0.1) is 0 Å². The van der Waals surface area contributed by atoms with Crippen molar-refractivity contribution in [1.82, 2.24) is 9.55 Å². The van der Waals surface area contributed by atoms with Crippen molar-refractivity contribution in [2.24, 2.45) is 7.05 Å². The fourth-order valence-corrected chi connectivity index (χ4v) is 1.84. The molecule has 0 aliphatic heterocycles. The van der Waals surface area contributed by atoms with Gasteiger partial charge in [-0.1, -0.05) is 12.1 Å². The predicted molar refractivity (Wildman–Crippen MR) is 73.0 cm³/mol. The van der Waals surface area contributed by atoms with Gasteiger partial charge in [0.2, 0.25) is 0 Å². The van der Waals surface area contributed by atoms with Crippen LogP contribution in [0, 0.1) is 0 Å². The zero-order valence-corrected chi connectivity index (χ0v) is 10.9. The van der Waals surface area contributed by atoms with Gasteiger partial charge in [0, 0.05) is 32.4 Å². The third kappa shape index (κ3) is 3.03. The topological polar surface area (TPSA) is 39.1 Å². The van der Waals surface area contributed by atoms with E-state index in [2.05, 4.69) is 10.3 Å². The van der Waals surface area contributed by atoms with Crippen molar-refractivity contribution in [3.8, 4) is 5.75 Å². The predicted octanol–water partition coefficient (Wildman–Crippen LogP) is 2.47. The summed E-state index contributed by atoms with van der Waals surface area (Å²) in [5.74, 6) is 1.98. The molecule has 2 aromatic rings. The van der Waals surface area contributed by atoms with Crippen molar-refractivity contribution in [3.63, 3.8) is 0 Å². The van der Waals surface area contributed by atoms with E-state index in [0.29, 0.717) is 6.61 Å². The minimum atomic E-state index is 0.679. The van der Waals surface area contributed by atoms with Gasteiger partial charge in [-0.2, -0.15) is 0 Å². The summed E-state index contributed by atoms with van der Waals surface area (Å²) in [6.07, 6.45) is 4.68. The minimum Gasteiger partial charge on any atom is -0.492 e. The number of nitrogens with zero attached hydrogens (tertiary/aromatic N) is 2. The molecular weight excluding hydrogens is 226 g/mol. The Morgan fingerprint density at radius 2 is 2.17 bits per heavy atom. The van der Waals surface area contributed by atoms with E-state index >= 15 is 0 Å². The highest BCUT2D eigenvalue weighted by Gasteiger charge is 2.02. The molecule has 1 N–H and O–H groups in total. The van der Waals surface area contributed by atoms with E-state index in [4.69, 9.17) is 4.74 Å². The largest absolute Gasteiger partial charge is 0.492 e. The third-order valence-corrected chi connectivity index (χ3v) is 2.77. The zero-order chi connectivity index (χ0) is 12.8. The molecule has 4 heteroatoms. The van der Waals surface area contributed by atoms with Gasteiger partial charge in [0.05, 0.1) is 12.3 Å². The average molecular weight is 245 g/mol. The minimum absolute atomic E-state index is 0.679. The summed E-state index contributed by atoms with van der Waals surface area (Å²) < 4.78 is 7.60. The van der Waals surface area contributed by atoms with Gasteiger partial charge in [0.25, 0.3) is 0 Å².